The quantitative estimate of drug-likeness (QED) is 0.528. The average Bonchev–Trinajstić information content (AvgIpc) is 3.31. The van der Waals surface area contributed by atoms with Crippen LogP contribution in [0, 0.1) is 18.2 Å². The summed E-state index contributed by atoms with van der Waals surface area (Å²) < 4.78 is 21.7. The van der Waals surface area contributed by atoms with Gasteiger partial charge in [-0.2, -0.15) is 0 Å². The van der Waals surface area contributed by atoms with Gasteiger partial charge in [0.1, 0.15) is 5.82 Å². The molecule has 2 fully saturated rings. The van der Waals surface area contributed by atoms with Gasteiger partial charge in [0.2, 0.25) is 0 Å². The van der Waals surface area contributed by atoms with Crippen molar-refractivity contribution in [1.82, 2.24) is 19.4 Å². The number of pyridine rings is 1. The Morgan fingerprint density at radius 2 is 2.00 bits per heavy atom. The Morgan fingerprint density at radius 3 is 2.74 bits per heavy atom. The molecule has 1 atom stereocenters. The number of aromatic nitrogens is 3. The largest absolute Gasteiger partial charge is 0.381 e. The summed E-state index contributed by atoms with van der Waals surface area (Å²) in [4.78, 5) is 11.6. The summed E-state index contributed by atoms with van der Waals surface area (Å²) in [5.41, 5.74) is 4.42. The minimum Gasteiger partial charge on any atom is -0.381 e. The van der Waals surface area contributed by atoms with Crippen LogP contribution in [0.5, 0.6) is 0 Å². The molecule has 2 aliphatic rings. The molecule has 0 spiro atoms. The number of imidazole rings is 1. The summed E-state index contributed by atoms with van der Waals surface area (Å²) in [6.07, 6.45) is 8.48. The third kappa shape index (κ3) is 3.87. The number of nitrogens with zero attached hydrogens (tertiary/aromatic N) is 4. The first-order valence-corrected chi connectivity index (χ1v) is 11.4. The van der Waals surface area contributed by atoms with Crippen molar-refractivity contribution >= 4 is 11.0 Å². The monoisotopic (exact) mass is 422 g/mol. The van der Waals surface area contributed by atoms with Gasteiger partial charge in [0, 0.05) is 48.6 Å². The van der Waals surface area contributed by atoms with Crippen LogP contribution in [0.1, 0.15) is 43.9 Å². The highest BCUT2D eigenvalue weighted by molar-refractivity contribution is 5.75. The molecule has 2 aromatic heterocycles. The Hall–Kier alpha value is -2.31. The van der Waals surface area contributed by atoms with Crippen molar-refractivity contribution in [2.75, 3.05) is 26.3 Å². The van der Waals surface area contributed by atoms with Crippen LogP contribution in [-0.2, 0) is 16.8 Å². The normalized spacial score (nSPS) is 22.9. The zero-order valence-corrected chi connectivity index (χ0v) is 18.5. The van der Waals surface area contributed by atoms with Gasteiger partial charge in [-0.1, -0.05) is 6.07 Å². The molecule has 1 saturated heterocycles. The lowest BCUT2D eigenvalue weighted by atomic mass is 9.84. The summed E-state index contributed by atoms with van der Waals surface area (Å²) in [6, 6.07) is 9.24. The molecule has 0 N–H and O–H groups in total. The molecular weight excluding hydrogens is 391 g/mol. The van der Waals surface area contributed by atoms with Crippen LogP contribution >= 0.6 is 0 Å². The van der Waals surface area contributed by atoms with Crippen molar-refractivity contribution in [1.29, 1.82) is 0 Å². The zero-order valence-electron chi connectivity index (χ0n) is 18.5. The van der Waals surface area contributed by atoms with E-state index in [4.69, 9.17) is 4.74 Å². The first kappa shape index (κ1) is 20.6. The van der Waals surface area contributed by atoms with E-state index in [-0.39, 0.29) is 16.8 Å². The number of aryl methyl sites for hydroxylation is 2. The lowest BCUT2D eigenvalue weighted by molar-refractivity contribution is 0.0417. The van der Waals surface area contributed by atoms with Crippen molar-refractivity contribution in [3.05, 3.63) is 59.9 Å². The molecule has 31 heavy (non-hydrogen) atoms. The van der Waals surface area contributed by atoms with Gasteiger partial charge in [-0.25, -0.2) is 9.37 Å². The van der Waals surface area contributed by atoms with Crippen LogP contribution in [0.25, 0.3) is 11.0 Å². The van der Waals surface area contributed by atoms with Crippen LogP contribution in [0.4, 0.5) is 4.39 Å². The van der Waals surface area contributed by atoms with Crippen LogP contribution in [0.3, 0.4) is 0 Å². The second-order valence-electron chi connectivity index (χ2n) is 9.35. The van der Waals surface area contributed by atoms with Crippen molar-refractivity contribution in [2.45, 2.75) is 51.6 Å². The molecule has 5 nitrogen and oxygen atoms in total. The zero-order chi connectivity index (χ0) is 21.5. The van der Waals surface area contributed by atoms with E-state index in [1.54, 1.807) is 0 Å². The minimum atomic E-state index is -0.239. The molecule has 1 aliphatic heterocycles. The highest BCUT2D eigenvalue weighted by atomic mass is 19.1. The van der Waals surface area contributed by atoms with Crippen molar-refractivity contribution in [3.63, 3.8) is 0 Å². The number of ether oxygens (including phenoxy) is 1. The van der Waals surface area contributed by atoms with Crippen LogP contribution in [-0.4, -0.2) is 45.7 Å². The van der Waals surface area contributed by atoms with Crippen LogP contribution < -0.4 is 0 Å². The highest BCUT2D eigenvalue weighted by Crippen LogP contribution is 2.54. The fourth-order valence-corrected chi connectivity index (χ4v) is 5.23. The molecule has 6 heteroatoms. The minimum absolute atomic E-state index is 0.125. The maximum atomic E-state index is 13.5. The number of likely N-dealkylation sites (tertiary alicyclic amines) is 1. The van der Waals surface area contributed by atoms with Gasteiger partial charge in [0.25, 0.3) is 0 Å². The van der Waals surface area contributed by atoms with Gasteiger partial charge < -0.3 is 9.30 Å². The van der Waals surface area contributed by atoms with Gasteiger partial charge in [0.05, 0.1) is 24.0 Å². The molecule has 0 unspecified atom stereocenters. The molecule has 0 amide bonds. The molecular formula is C25H31FN4O. The Balaban J connectivity index is 1.34. The number of rotatable bonds is 8. The standard InChI is InChI=1S/C25H31FN4O/c1-3-31-17-24(10-12-29-18-28-22-14-21(26)6-7-23(22)29)11-13-30(16-24)25(8-9-25)20-5-4-19(2)27-15-20/h4-7,14-15,18H,3,8-13,16-17H2,1-2H3/t24-/m1/s1. The average molecular weight is 423 g/mol. The Bertz CT molecular complexity index is 1060. The van der Waals surface area contributed by atoms with E-state index in [0.717, 1.165) is 62.4 Å². The SMILES string of the molecule is CCOC[C@]1(CCn2cnc3cc(F)ccc32)CCN(C2(c3ccc(C)nc3)CC2)C1. The van der Waals surface area contributed by atoms with E-state index in [2.05, 4.69) is 44.7 Å². The van der Waals surface area contributed by atoms with Gasteiger partial charge in [-0.15, -0.1) is 0 Å². The van der Waals surface area contributed by atoms with Gasteiger partial charge in [0.15, 0.2) is 0 Å². The van der Waals surface area contributed by atoms with E-state index in [9.17, 15) is 4.39 Å². The van der Waals surface area contributed by atoms with Gasteiger partial charge >= 0.3 is 0 Å². The molecule has 1 saturated carbocycles. The Morgan fingerprint density at radius 1 is 1.13 bits per heavy atom. The van der Waals surface area contributed by atoms with Crippen molar-refractivity contribution in [3.8, 4) is 0 Å². The van der Waals surface area contributed by atoms with E-state index < -0.39 is 0 Å². The third-order valence-electron chi connectivity index (χ3n) is 7.29. The number of halogens is 1. The molecule has 1 aliphatic carbocycles. The predicted molar refractivity (Wildman–Crippen MR) is 119 cm³/mol. The number of hydrogen-bond acceptors (Lipinski definition) is 4. The molecule has 3 aromatic rings. The molecule has 3 heterocycles. The molecule has 0 bridgehead atoms. The lowest BCUT2D eigenvalue weighted by Gasteiger charge is -2.33. The first-order chi connectivity index (χ1) is 15.0. The number of hydrogen-bond donors (Lipinski definition) is 0. The maximum absolute atomic E-state index is 13.5. The highest BCUT2D eigenvalue weighted by Gasteiger charge is 2.54. The van der Waals surface area contributed by atoms with E-state index in [1.807, 2.05) is 19.3 Å². The molecule has 1 aromatic carbocycles. The topological polar surface area (TPSA) is 43.2 Å². The van der Waals surface area contributed by atoms with Crippen LogP contribution in [0.2, 0.25) is 0 Å². The third-order valence-corrected chi connectivity index (χ3v) is 7.29. The Labute approximate surface area is 183 Å². The second-order valence-corrected chi connectivity index (χ2v) is 9.35. The molecule has 0 radical (unpaired) electrons. The molecule has 5 rings (SSSR count). The predicted octanol–water partition coefficient (Wildman–Crippen LogP) is 4.69. The van der Waals surface area contributed by atoms with Crippen molar-refractivity contribution in [2.24, 2.45) is 5.41 Å². The van der Waals surface area contributed by atoms with Gasteiger partial charge in [-0.3, -0.25) is 9.88 Å². The maximum Gasteiger partial charge on any atom is 0.125 e. The van der Waals surface area contributed by atoms with Crippen molar-refractivity contribution < 1.29 is 9.13 Å². The first-order valence-electron chi connectivity index (χ1n) is 11.4. The summed E-state index contributed by atoms with van der Waals surface area (Å²) in [7, 11) is 0. The fraction of sp³-hybridized carbons (Fsp3) is 0.520. The molecule has 164 valence electrons. The lowest BCUT2D eigenvalue weighted by Crippen LogP contribution is -2.38. The summed E-state index contributed by atoms with van der Waals surface area (Å²) in [5, 5.41) is 0. The number of benzene rings is 1. The number of fused-ring (bicyclic) bond motifs is 1. The van der Waals surface area contributed by atoms with Gasteiger partial charge in [-0.05, 0) is 69.8 Å². The second kappa shape index (κ2) is 7.99. The van der Waals surface area contributed by atoms with E-state index in [1.165, 1.54) is 30.5 Å². The van der Waals surface area contributed by atoms with E-state index >= 15 is 0 Å². The van der Waals surface area contributed by atoms with Crippen LogP contribution in [0.15, 0.2) is 42.9 Å². The summed E-state index contributed by atoms with van der Waals surface area (Å²) >= 11 is 0. The Kier molecular flexibility index (Phi) is 5.30. The summed E-state index contributed by atoms with van der Waals surface area (Å²) in [5.74, 6) is -0.239. The fourth-order valence-electron chi connectivity index (χ4n) is 5.23. The van der Waals surface area contributed by atoms with E-state index in [0.29, 0.717) is 0 Å². The smallest absolute Gasteiger partial charge is 0.125 e. The summed E-state index contributed by atoms with van der Waals surface area (Å²) in [6.45, 7) is 8.63.